The summed E-state index contributed by atoms with van der Waals surface area (Å²) in [6.45, 7) is 0. The van der Waals surface area contributed by atoms with Gasteiger partial charge >= 0.3 is 0 Å². The van der Waals surface area contributed by atoms with E-state index in [2.05, 4.69) is 10.3 Å². The molecule has 0 spiro atoms. The standard InChI is InChI=1S/C14H15ClN2O/c1-16-13(10-6-3-4-8-12(10)15)11-7-5-9-17-14(11)18-2/h3-9,13,16H,1-2H3. The van der Waals surface area contributed by atoms with Gasteiger partial charge < -0.3 is 10.1 Å². The summed E-state index contributed by atoms with van der Waals surface area (Å²) < 4.78 is 5.30. The molecule has 1 heterocycles. The van der Waals surface area contributed by atoms with Crippen molar-refractivity contribution >= 4 is 11.6 Å². The quantitative estimate of drug-likeness (QED) is 0.920. The van der Waals surface area contributed by atoms with Crippen molar-refractivity contribution in [2.24, 2.45) is 0 Å². The molecule has 1 atom stereocenters. The number of nitrogens with zero attached hydrogens (tertiary/aromatic N) is 1. The van der Waals surface area contributed by atoms with Gasteiger partial charge in [0.15, 0.2) is 0 Å². The Morgan fingerprint density at radius 2 is 1.89 bits per heavy atom. The SMILES string of the molecule is CNC(c1ccccc1Cl)c1cccnc1OC. The summed E-state index contributed by atoms with van der Waals surface area (Å²) in [5.74, 6) is 0.608. The number of hydrogen-bond acceptors (Lipinski definition) is 3. The maximum Gasteiger partial charge on any atom is 0.218 e. The Hall–Kier alpha value is -1.58. The predicted octanol–water partition coefficient (Wildman–Crippen LogP) is 3.05. The van der Waals surface area contributed by atoms with Crippen LogP contribution in [0.1, 0.15) is 17.2 Å². The minimum absolute atomic E-state index is 0.0395. The highest BCUT2D eigenvalue weighted by molar-refractivity contribution is 6.31. The maximum absolute atomic E-state index is 6.24. The Kier molecular flexibility index (Phi) is 4.18. The van der Waals surface area contributed by atoms with E-state index in [-0.39, 0.29) is 6.04 Å². The Labute approximate surface area is 112 Å². The van der Waals surface area contributed by atoms with Crippen molar-refractivity contribution in [1.29, 1.82) is 0 Å². The van der Waals surface area contributed by atoms with Crippen molar-refractivity contribution in [3.63, 3.8) is 0 Å². The van der Waals surface area contributed by atoms with Gasteiger partial charge in [0.05, 0.1) is 13.2 Å². The third kappa shape index (κ3) is 2.47. The van der Waals surface area contributed by atoms with Gasteiger partial charge in [-0.25, -0.2) is 4.98 Å². The number of ether oxygens (including phenoxy) is 1. The first-order valence-corrected chi connectivity index (χ1v) is 6.06. The first kappa shape index (κ1) is 12.9. The Morgan fingerprint density at radius 1 is 1.17 bits per heavy atom. The molecule has 94 valence electrons. The summed E-state index contributed by atoms with van der Waals surface area (Å²) in [5, 5.41) is 3.97. The summed E-state index contributed by atoms with van der Waals surface area (Å²) >= 11 is 6.24. The van der Waals surface area contributed by atoms with Crippen LogP contribution < -0.4 is 10.1 Å². The molecule has 0 aliphatic carbocycles. The molecule has 0 saturated carbocycles. The van der Waals surface area contributed by atoms with Crippen LogP contribution in [-0.4, -0.2) is 19.1 Å². The van der Waals surface area contributed by atoms with E-state index in [1.165, 1.54) is 0 Å². The summed E-state index contributed by atoms with van der Waals surface area (Å²) in [6.07, 6.45) is 1.71. The monoisotopic (exact) mass is 262 g/mol. The van der Waals surface area contributed by atoms with E-state index >= 15 is 0 Å². The van der Waals surface area contributed by atoms with Crippen molar-refractivity contribution in [2.45, 2.75) is 6.04 Å². The van der Waals surface area contributed by atoms with E-state index in [9.17, 15) is 0 Å². The third-order valence-electron chi connectivity index (χ3n) is 2.81. The second-order valence-electron chi connectivity index (χ2n) is 3.85. The lowest BCUT2D eigenvalue weighted by Crippen LogP contribution is -2.19. The van der Waals surface area contributed by atoms with E-state index in [0.29, 0.717) is 5.88 Å². The van der Waals surface area contributed by atoms with Crippen LogP contribution in [0.15, 0.2) is 42.6 Å². The topological polar surface area (TPSA) is 34.2 Å². The van der Waals surface area contributed by atoms with E-state index < -0.39 is 0 Å². The minimum Gasteiger partial charge on any atom is -0.481 e. The minimum atomic E-state index is -0.0395. The molecule has 1 aromatic carbocycles. The molecule has 3 nitrogen and oxygen atoms in total. The molecule has 2 rings (SSSR count). The molecular weight excluding hydrogens is 248 g/mol. The summed E-state index contributed by atoms with van der Waals surface area (Å²) in [6, 6.07) is 11.6. The van der Waals surface area contributed by atoms with Gasteiger partial charge in [-0.2, -0.15) is 0 Å². The molecule has 0 aliphatic rings. The van der Waals surface area contributed by atoms with Gasteiger partial charge in [-0.05, 0) is 24.7 Å². The van der Waals surface area contributed by atoms with E-state index in [1.54, 1.807) is 13.3 Å². The number of benzene rings is 1. The van der Waals surface area contributed by atoms with Crippen molar-refractivity contribution in [3.8, 4) is 5.88 Å². The van der Waals surface area contributed by atoms with Crippen LogP contribution in [0.4, 0.5) is 0 Å². The van der Waals surface area contributed by atoms with Crippen LogP contribution >= 0.6 is 11.6 Å². The molecule has 0 bridgehead atoms. The first-order chi connectivity index (χ1) is 8.77. The van der Waals surface area contributed by atoms with Crippen LogP contribution in [0.2, 0.25) is 5.02 Å². The second-order valence-corrected chi connectivity index (χ2v) is 4.25. The zero-order valence-electron chi connectivity index (χ0n) is 10.4. The molecule has 1 N–H and O–H groups in total. The Balaban J connectivity index is 2.49. The number of nitrogens with one attached hydrogen (secondary N) is 1. The van der Waals surface area contributed by atoms with Crippen LogP contribution in [0.5, 0.6) is 5.88 Å². The summed E-state index contributed by atoms with van der Waals surface area (Å²) in [7, 11) is 3.51. The summed E-state index contributed by atoms with van der Waals surface area (Å²) in [5.41, 5.74) is 1.98. The van der Waals surface area contributed by atoms with E-state index in [4.69, 9.17) is 16.3 Å². The van der Waals surface area contributed by atoms with Gasteiger partial charge in [0.2, 0.25) is 5.88 Å². The molecule has 2 aromatic rings. The number of pyridine rings is 1. The van der Waals surface area contributed by atoms with Crippen molar-refractivity contribution in [2.75, 3.05) is 14.2 Å². The molecular formula is C14H15ClN2O. The molecule has 4 heteroatoms. The maximum atomic E-state index is 6.24. The normalized spacial score (nSPS) is 12.2. The Bertz CT molecular complexity index is 531. The van der Waals surface area contributed by atoms with E-state index in [1.807, 2.05) is 43.4 Å². The highest BCUT2D eigenvalue weighted by atomic mass is 35.5. The molecule has 0 aliphatic heterocycles. The number of hydrogen-bond donors (Lipinski definition) is 1. The number of rotatable bonds is 4. The van der Waals surface area contributed by atoms with Gasteiger partial charge in [-0.1, -0.05) is 35.9 Å². The lowest BCUT2D eigenvalue weighted by Gasteiger charge is -2.19. The van der Waals surface area contributed by atoms with Crippen molar-refractivity contribution in [1.82, 2.24) is 10.3 Å². The molecule has 0 fully saturated rings. The van der Waals surface area contributed by atoms with Gasteiger partial charge in [-0.3, -0.25) is 0 Å². The molecule has 0 radical (unpaired) electrons. The molecule has 0 saturated heterocycles. The van der Waals surface area contributed by atoms with Crippen molar-refractivity contribution in [3.05, 3.63) is 58.7 Å². The highest BCUT2D eigenvalue weighted by Crippen LogP contribution is 2.31. The van der Waals surface area contributed by atoms with Crippen LogP contribution in [0.25, 0.3) is 0 Å². The van der Waals surface area contributed by atoms with E-state index in [0.717, 1.165) is 16.1 Å². The fraction of sp³-hybridized carbons (Fsp3) is 0.214. The summed E-state index contributed by atoms with van der Waals surface area (Å²) in [4.78, 5) is 4.22. The zero-order chi connectivity index (χ0) is 13.0. The molecule has 18 heavy (non-hydrogen) atoms. The average molecular weight is 263 g/mol. The van der Waals surface area contributed by atoms with Gasteiger partial charge in [0.25, 0.3) is 0 Å². The van der Waals surface area contributed by atoms with Crippen LogP contribution in [0, 0.1) is 0 Å². The average Bonchev–Trinajstić information content (AvgIpc) is 2.42. The van der Waals surface area contributed by atoms with Gasteiger partial charge in [-0.15, -0.1) is 0 Å². The fourth-order valence-corrected chi connectivity index (χ4v) is 2.23. The fourth-order valence-electron chi connectivity index (χ4n) is 1.98. The number of aromatic nitrogens is 1. The second kappa shape index (κ2) is 5.85. The Morgan fingerprint density at radius 3 is 2.56 bits per heavy atom. The van der Waals surface area contributed by atoms with Gasteiger partial charge in [0.1, 0.15) is 0 Å². The number of methoxy groups -OCH3 is 1. The van der Waals surface area contributed by atoms with Crippen LogP contribution in [-0.2, 0) is 0 Å². The largest absolute Gasteiger partial charge is 0.481 e. The van der Waals surface area contributed by atoms with Crippen LogP contribution in [0.3, 0.4) is 0 Å². The lowest BCUT2D eigenvalue weighted by molar-refractivity contribution is 0.388. The smallest absolute Gasteiger partial charge is 0.218 e. The predicted molar refractivity (Wildman–Crippen MR) is 73.1 cm³/mol. The zero-order valence-corrected chi connectivity index (χ0v) is 11.1. The third-order valence-corrected chi connectivity index (χ3v) is 3.15. The van der Waals surface area contributed by atoms with Gasteiger partial charge in [0, 0.05) is 16.8 Å². The molecule has 1 aromatic heterocycles. The molecule has 1 unspecified atom stereocenters. The highest BCUT2D eigenvalue weighted by Gasteiger charge is 2.18. The number of halogens is 1. The molecule has 0 amide bonds. The lowest BCUT2D eigenvalue weighted by atomic mass is 10.00. The van der Waals surface area contributed by atoms with Crippen molar-refractivity contribution < 1.29 is 4.74 Å². The first-order valence-electron chi connectivity index (χ1n) is 5.68.